The van der Waals surface area contributed by atoms with Crippen LogP contribution in [0.2, 0.25) is 0 Å². The number of aromatic nitrogens is 1. The summed E-state index contributed by atoms with van der Waals surface area (Å²) in [5.74, 6) is -0.530. The van der Waals surface area contributed by atoms with E-state index in [2.05, 4.69) is 10.3 Å². The van der Waals surface area contributed by atoms with E-state index in [0.29, 0.717) is 12.2 Å². The van der Waals surface area contributed by atoms with Crippen LogP contribution in [0.4, 0.5) is 30.2 Å². The smallest absolute Gasteiger partial charge is 0.340 e. The van der Waals surface area contributed by atoms with Crippen LogP contribution in [0.25, 0.3) is 0 Å². The molecule has 0 saturated carbocycles. The van der Waals surface area contributed by atoms with Crippen LogP contribution in [0.5, 0.6) is 0 Å². The molecule has 0 fully saturated rings. The molecular formula is C21H18F3N3O. The van der Waals surface area contributed by atoms with Crippen LogP contribution in [0.15, 0.2) is 73.1 Å². The minimum absolute atomic E-state index is 0.0700. The molecule has 0 radical (unpaired) electrons. The number of hydrogen-bond donors (Lipinski definition) is 1. The van der Waals surface area contributed by atoms with Crippen molar-refractivity contribution >= 4 is 23.0 Å². The van der Waals surface area contributed by atoms with Crippen molar-refractivity contribution in [3.63, 3.8) is 0 Å². The highest BCUT2D eigenvalue weighted by Crippen LogP contribution is 2.31. The van der Waals surface area contributed by atoms with Gasteiger partial charge in [-0.3, -0.25) is 9.78 Å². The number of rotatable bonds is 5. The molecule has 0 aliphatic heterocycles. The van der Waals surface area contributed by atoms with Gasteiger partial charge in [0.25, 0.3) is 5.91 Å². The summed E-state index contributed by atoms with van der Waals surface area (Å²) in [4.78, 5) is 18.6. The highest BCUT2D eigenvalue weighted by atomic mass is 19.4. The Morgan fingerprint density at radius 2 is 1.75 bits per heavy atom. The zero-order valence-corrected chi connectivity index (χ0v) is 15.1. The van der Waals surface area contributed by atoms with E-state index >= 15 is 0 Å². The third-order valence-corrected chi connectivity index (χ3v) is 4.13. The van der Waals surface area contributed by atoms with E-state index in [1.807, 2.05) is 42.2 Å². The molecule has 1 heterocycles. The summed E-state index contributed by atoms with van der Waals surface area (Å²) >= 11 is 0. The van der Waals surface area contributed by atoms with Crippen molar-refractivity contribution < 1.29 is 18.0 Å². The van der Waals surface area contributed by atoms with E-state index in [1.54, 1.807) is 12.3 Å². The summed E-state index contributed by atoms with van der Waals surface area (Å²) in [6.45, 7) is 2.63. The van der Waals surface area contributed by atoms with Gasteiger partial charge in [0.1, 0.15) is 0 Å². The second-order valence-corrected chi connectivity index (χ2v) is 6.04. The first kappa shape index (κ1) is 19.4. The number of nitrogens with one attached hydrogen (secondary N) is 1. The molecular weight excluding hydrogens is 367 g/mol. The molecule has 7 heteroatoms. The Kier molecular flexibility index (Phi) is 5.63. The van der Waals surface area contributed by atoms with Crippen molar-refractivity contribution in [1.82, 2.24) is 4.98 Å². The molecule has 0 bridgehead atoms. The quantitative estimate of drug-likeness (QED) is 0.630. The molecule has 3 rings (SSSR count). The lowest BCUT2D eigenvalue weighted by Crippen LogP contribution is -2.18. The number of alkyl halides is 3. The maximum absolute atomic E-state index is 12.8. The molecule has 1 N–H and O–H groups in total. The van der Waals surface area contributed by atoms with E-state index in [0.717, 1.165) is 17.8 Å². The number of amides is 1. The largest absolute Gasteiger partial charge is 0.416 e. The number of benzene rings is 2. The summed E-state index contributed by atoms with van der Waals surface area (Å²) in [7, 11) is 0. The topological polar surface area (TPSA) is 45.2 Å². The Labute approximate surface area is 160 Å². The van der Waals surface area contributed by atoms with E-state index < -0.39 is 17.6 Å². The molecule has 28 heavy (non-hydrogen) atoms. The predicted molar refractivity (Wildman–Crippen MR) is 103 cm³/mol. The fourth-order valence-corrected chi connectivity index (χ4v) is 2.80. The minimum atomic E-state index is -4.47. The van der Waals surface area contributed by atoms with Crippen molar-refractivity contribution in [2.75, 3.05) is 16.8 Å². The summed E-state index contributed by atoms with van der Waals surface area (Å²) in [6, 6.07) is 15.8. The molecule has 3 aromatic rings. The SMILES string of the molecule is CCN(c1ccccc1)c1cncc(C(=O)Nc2cccc(C(F)(F)F)c2)c1. The lowest BCUT2D eigenvalue weighted by Gasteiger charge is -2.23. The number of carbonyl (C=O) groups is 1. The van der Waals surface area contributed by atoms with Gasteiger partial charge in [-0.05, 0) is 43.3 Å². The third-order valence-electron chi connectivity index (χ3n) is 4.13. The summed E-state index contributed by atoms with van der Waals surface area (Å²) in [5.41, 5.74) is 1.16. The summed E-state index contributed by atoms with van der Waals surface area (Å²) in [6.07, 6.45) is -1.46. The summed E-state index contributed by atoms with van der Waals surface area (Å²) in [5, 5.41) is 2.50. The van der Waals surface area contributed by atoms with Crippen LogP contribution in [0.1, 0.15) is 22.8 Å². The third kappa shape index (κ3) is 4.49. The Balaban J connectivity index is 1.83. The first-order chi connectivity index (χ1) is 13.4. The number of para-hydroxylation sites is 1. The van der Waals surface area contributed by atoms with Gasteiger partial charge in [-0.15, -0.1) is 0 Å². The Bertz CT molecular complexity index is 958. The van der Waals surface area contributed by atoms with Gasteiger partial charge in [-0.1, -0.05) is 24.3 Å². The first-order valence-electron chi connectivity index (χ1n) is 8.64. The zero-order valence-electron chi connectivity index (χ0n) is 15.1. The lowest BCUT2D eigenvalue weighted by atomic mass is 10.1. The number of hydrogen-bond acceptors (Lipinski definition) is 3. The van der Waals surface area contributed by atoms with Crippen LogP contribution in [-0.2, 0) is 6.18 Å². The molecule has 1 amide bonds. The van der Waals surface area contributed by atoms with Gasteiger partial charge in [0, 0.05) is 24.1 Å². The Hall–Kier alpha value is -3.35. The van der Waals surface area contributed by atoms with Gasteiger partial charge in [0.2, 0.25) is 0 Å². The molecule has 2 aromatic carbocycles. The van der Waals surface area contributed by atoms with Crippen LogP contribution < -0.4 is 10.2 Å². The zero-order chi connectivity index (χ0) is 20.1. The normalized spacial score (nSPS) is 11.1. The van der Waals surface area contributed by atoms with Crippen molar-refractivity contribution in [3.05, 3.63) is 84.2 Å². The first-order valence-corrected chi connectivity index (χ1v) is 8.64. The van der Waals surface area contributed by atoms with Gasteiger partial charge in [0.15, 0.2) is 0 Å². The number of nitrogens with zero attached hydrogens (tertiary/aromatic N) is 2. The van der Waals surface area contributed by atoms with Crippen molar-refractivity contribution in [3.8, 4) is 0 Å². The van der Waals surface area contributed by atoms with Gasteiger partial charge >= 0.3 is 6.18 Å². The number of halogens is 3. The Morgan fingerprint density at radius 1 is 1.00 bits per heavy atom. The fourth-order valence-electron chi connectivity index (χ4n) is 2.80. The average Bonchev–Trinajstić information content (AvgIpc) is 2.69. The van der Waals surface area contributed by atoms with Crippen LogP contribution in [0.3, 0.4) is 0 Å². The highest BCUT2D eigenvalue weighted by molar-refractivity contribution is 6.04. The van der Waals surface area contributed by atoms with Crippen molar-refractivity contribution in [1.29, 1.82) is 0 Å². The van der Waals surface area contributed by atoms with Crippen LogP contribution in [0, 0.1) is 0 Å². The lowest BCUT2D eigenvalue weighted by molar-refractivity contribution is -0.137. The highest BCUT2D eigenvalue weighted by Gasteiger charge is 2.30. The number of anilines is 3. The van der Waals surface area contributed by atoms with Crippen LogP contribution >= 0.6 is 0 Å². The van der Waals surface area contributed by atoms with E-state index in [9.17, 15) is 18.0 Å². The molecule has 4 nitrogen and oxygen atoms in total. The predicted octanol–water partition coefficient (Wildman–Crippen LogP) is 5.51. The maximum atomic E-state index is 12.8. The molecule has 0 aliphatic rings. The van der Waals surface area contributed by atoms with Crippen LogP contribution in [-0.4, -0.2) is 17.4 Å². The molecule has 1 aromatic heterocycles. The summed E-state index contributed by atoms with van der Waals surface area (Å²) < 4.78 is 38.5. The molecule has 0 atom stereocenters. The van der Waals surface area contributed by atoms with Gasteiger partial charge in [0.05, 0.1) is 23.0 Å². The number of pyridine rings is 1. The van der Waals surface area contributed by atoms with E-state index in [-0.39, 0.29) is 11.3 Å². The maximum Gasteiger partial charge on any atom is 0.416 e. The van der Waals surface area contributed by atoms with Crippen molar-refractivity contribution in [2.45, 2.75) is 13.1 Å². The van der Waals surface area contributed by atoms with Gasteiger partial charge < -0.3 is 10.2 Å². The van der Waals surface area contributed by atoms with E-state index in [4.69, 9.17) is 0 Å². The van der Waals surface area contributed by atoms with Crippen molar-refractivity contribution in [2.24, 2.45) is 0 Å². The average molecular weight is 385 g/mol. The number of carbonyl (C=O) groups excluding carboxylic acids is 1. The fraction of sp³-hybridized carbons (Fsp3) is 0.143. The minimum Gasteiger partial charge on any atom is -0.340 e. The standard InChI is InChI=1S/C21H18F3N3O/c1-2-27(18-9-4-3-5-10-18)19-11-15(13-25-14-19)20(28)26-17-8-6-7-16(12-17)21(22,23)24/h3-14H,2H2,1H3,(H,26,28). The molecule has 0 aliphatic carbocycles. The molecule has 0 spiro atoms. The Morgan fingerprint density at radius 3 is 2.43 bits per heavy atom. The molecule has 0 saturated heterocycles. The van der Waals surface area contributed by atoms with Gasteiger partial charge in [-0.2, -0.15) is 13.2 Å². The second-order valence-electron chi connectivity index (χ2n) is 6.04. The van der Waals surface area contributed by atoms with Gasteiger partial charge in [-0.25, -0.2) is 0 Å². The molecule has 0 unspecified atom stereocenters. The van der Waals surface area contributed by atoms with E-state index in [1.165, 1.54) is 18.3 Å². The second kappa shape index (κ2) is 8.12. The molecule has 144 valence electrons. The monoisotopic (exact) mass is 385 g/mol.